The van der Waals surface area contributed by atoms with Crippen LogP contribution in [0.5, 0.6) is 5.75 Å². The topological polar surface area (TPSA) is 21.3 Å². The molecule has 0 heterocycles. The first-order valence-electron chi connectivity index (χ1n) is 7.37. The van der Waals surface area contributed by atoms with Crippen molar-refractivity contribution in [3.8, 4) is 5.75 Å². The monoisotopic (exact) mass is 347 g/mol. The highest BCUT2D eigenvalue weighted by Crippen LogP contribution is 2.19. The lowest BCUT2D eigenvalue weighted by molar-refractivity contribution is 0.306. The summed E-state index contributed by atoms with van der Waals surface area (Å²) < 4.78 is 6.84. The van der Waals surface area contributed by atoms with Crippen LogP contribution in [0.15, 0.2) is 53.0 Å². The van der Waals surface area contributed by atoms with Crippen LogP contribution in [-0.4, -0.2) is 13.1 Å². The zero-order valence-electron chi connectivity index (χ0n) is 12.6. The van der Waals surface area contributed by atoms with Gasteiger partial charge in [-0.2, -0.15) is 0 Å². The van der Waals surface area contributed by atoms with E-state index in [9.17, 15) is 0 Å². The van der Waals surface area contributed by atoms with E-state index < -0.39 is 0 Å². The fourth-order valence-corrected chi connectivity index (χ4v) is 2.38. The SMILES string of the molecule is CCNCC(C)c1ccc(COc2ccc(Br)cc2)cc1. The zero-order valence-corrected chi connectivity index (χ0v) is 14.2. The van der Waals surface area contributed by atoms with E-state index in [-0.39, 0.29) is 0 Å². The average Bonchev–Trinajstić information content (AvgIpc) is 2.52. The second-order valence-corrected chi connectivity index (χ2v) is 6.11. The summed E-state index contributed by atoms with van der Waals surface area (Å²) in [5.74, 6) is 1.43. The number of benzene rings is 2. The summed E-state index contributed by atoms with van der Waals surface area (Å²) in [6.07, 6.45) is 0. The lowest BCUT2D eigenvalue weighted by Gasteiger charge is -2.13. The average molecular weight is 348 g/mol. The number of hydrogen-bond donors (Lipinski definition) is 1. The van der Waals surface area contributed by atoms with Crippen LogP contribution in [0.2, 0.25) is 0 Å². The predicted molar refractivity (Wildman–Crippen MR) is 91.9 cm³/mol. The number of rotatable bonds is 7. The lowest BCUT2D eigenvalue weighted by atomic mass is 10.00. The van der Waals surface area contributed by atoms with Crippen LogP contribution in [0.25, 0.3) is 0 Å². The number of ether oxygens (including phenoxy) is 1. The number of halogens is 1. The summed E-state index contributed by atoms with van der Waals surface area (Å²) in [6, 6.07) is 16.6. The van der Waals surface area contributed by atoms with Gasteiger partial charge in [-0.3, -0.25) is 0 Å². The minimum atomic E-state index is 0.534. The van der Waals surface area contributed by atoms with E-state index in [1.807, 2.05) is 24.3 Å². The van der Waals surface area contributed by atoms with Gasteiger partial charge in [0.1, 0.15) is 12.4 Å². The molecule has 0 aliphatic carbocycles. The summed E-state index contributed by atoms with van der Waals surface area (Å²) in [7, 11) is 0. The minimum Gasteiger partial charge on any atom is -0.489 e. The fourth-order valence-electron chi connectivity index (χ4n) is 2.12. The van der Waals surface area contributed by atoms with Crippen molar-refractivity contribution in [3.05, 3.63) is 64.1 Å². The molecule has 0 aromatic heterocycles. The summed E-state index contributed by atoms with van der Waals surface area (Å²) >= 11 is 3.42. The molecule has 2 rings (SSSR count). The Kier molecular flexibility index (Phi) is 6.27. The van der Waals surface area contributed by atoms with E-state index in [1.54, 1.807) is 0 Å². The van der Waals surface area contributed by atoms with Gasteiger partial charge in [0.2, 0.25) is 0 Å². The first kappa shape index (κ1) is 16.1. The Hall–Kier alpha value is -1.32. The van der Waals surface area contributed by atoms with Crippen molar-refractivity contribution in [2.75, 3.05) is 13.1 Å². The molecule has 3 heteroatoms. The molecule has 2 nitrogen and oxygen atoms in total. The van der Waals surface area contributed by atoms with E-state index >= 15 is 0 Å². The van der Waals surface area contributed by atoms with Crippen molar-refractivity contribution in [3.63, 3.8) is 0 Å². The normalized spacial score (nSPS) is 12.1. The van der Waals surface area contributed by atoms with Crippen LogP contribution in [-0.2, 0) is 6.61 Å². The molecular weight excluding hydrogens is 326 g/mol. The highest BCUT2D eigenvalue weighted by molar-refractivity contribution is 9.10. The molecule has 1 N–H and O–H groups in total. The third-order valence-corrected chi connectivity index (χ3v) is 4.00. The van der Waals surface area contributed by atoms with Crippen molar-refractivity contribution in [2.24, 2.45) is 0 Å². The Balaban J connectivity index is 1.88. The third kappa shape index (κ3) is 5.18. The Morgan fingerprint density at radius 2 is 1.71 bits per heavy atom. The first-order chi connectivity index (χ1) is 10.2. The summed E-state index contributed by atoms with van der Waals surface area (Å²) in [6.45, 7) is 7.02. The van der Waals surface area contributed by atoms with Crippen molar-refractivity contribution in [2.45, 2.75) is 26.4 Å². The van der Waals surface area contributed by atoms with Gasteiger partial charge in [-0.1, -0.05) is 54.0 Å². The molecule has 1 unspecified atom stereocenters. The Morgan fingerprint density at radius 1 is 1.05 bits per heavy atom. The van der Waals surface area contributed by atoms with Gasteiger partial charge in [-0.05, 0) is 47.9 Å². The highest BCUT2D eigenvalue weighted by Gasteiger charge is 2.04. The Labute approximate surface area is 135 Å². The molecule has 2 aromatic rings. The van der Waals surface area contributed by atoms with Crippen molar-refractivity contribution >= 4 is 15.9 Å². The van der Waals surface area contributed by atoms with Crippen LogP contribution >= 0.6 is 15.9 Å². The van der Waals surface area contributed by atoms with E-state index in [2.05, 4.69) is 59.4 Å². The van der Waals surface area contributed by atoms with E-state index in [4.69, 9.17) is 4.74 Å². The molecular formula is C18H22BrNO. The highest BCUT2D eigenvalue weighted by atomic mass is 79.9. The number of nitrogens with one attached hydrogen (secondary N) is 1. The second kappa shape index (κ2) is 8.20. The number of likely N-dealkylation sites (N-methyl/N-ethyl adjacent to an activating group) is 1. The number of hydrogen-bond acceptors (Lipinski definition) is 2. The molecule has 0 amide bonds. The van der Waals surface area contributed by atoms with Gasteiger partial charge >= 0.3 is 0 Å². The van der Waals surface area contributed by atoms with Gasteiger partial charge < -0.3 is 10.1 Å². The van der Waals surface area contributed by atoms with Gasteiger partial charge in [-0.25, -0.2) is 0 Å². The molecule has 0 saturated heterocycles. The molecule has 0 aliphatic heterocycles. The summed E-state index contributed by atoms with van der Waals surface area (Å²) in [5.41, 5.74) is 2.56. The molecule has 0 bridgehead atoms. The molecule has 0 radical (unpaired) electrons. The summed E-state index contributed by atoms with van der Waals surface area (Å²) in [5, 5.41) is 3.38. The van der Waals surface area contributed by atoms with E-state index in [0.29, 0.717) is 12.5 Å². The van der Waals surface area contributed by atoms with Gasteiger partial charge in [-0.15, -0.1) is 0 Å². The van der Waals surface area contributed by atoms with Gasteiger partial charge in [0.25, 0.3) is 0 Å². The molecule has 0 spiro atoms. The lowest BCUT2D eigenvalue weighted by Crippen LogP contribution is -2.19. The maximum absolute atomic E-state index is 5.78. The van der Waals surface area contributed by atoms with Crippen LogP contribution in [0.1, 0.15) is 30.9 Å². The van der Waals surface area contributed by atoms with Crippen LogP contribution in [0.4, 0.5) is 0 Å². The first-order valence-corrected chi connectivity index (χ1v) is 8.16. The van der Waals surface area contributed by atoms with E-state index in [0.717, 1.165) is 23.3 Å². The molecule has 21 heavy (non-hydrogen) atoms. The minimum absolute atomic E-state index is 0.534. The fraction of sp³-hybridized carbons (Fsp3) is 0.333. The Morgan fingerprint density at radius 3 is 2.33 bits per heavy atom. The smallest absolute Gasteiger partial charge is 0.119 e. The zero-order chi connectivity index (χ0) is 15.1. The van der Waals surface area contributed by atoms with Crippen molar-refractivity contribution in [1.82, 2.24) is 5.32 Å². The second-order valence-electron chi connectivity index (χ2n) is 5.19. The molecule has 112 valence electrons. The van der Waals surface area contributed by atoms with Gasteiger partial charge in [0.15, 0.2) is 0 Å². The molecule has 0 aliphatic rings. The predicted octanol–water partition coefficient (Wildman–Crippen LogP) is 4.74. The molecule has 0 fully saturated rings. The largest absolute Gasteiger partial charge is 0.489 e. The standard InChI is InChI=1S/C18H22BrNO/c1-3-20-12-14(2)16-6-4-15(5-7-16)13-21-18-10-8-17(19)9-11-18/h4-11,14,20H,3,12-13H2,1-2H3. The Bertz CT molecular complexity index is 536. The quantitative estimate of drug-likeness (QED) is 0.780. The van der Waals surface area contributed by atoms with Gasteiger partial charge in [0.05, 0.1) is 0 Å². The van der Waals surface area contributed by atoms with Crippen molar-refractivity contribution < 1.29 is 4.74 Å². The maximum Gasteiger partial charge on any atom is 0.119 e. The van der Waals surface area contributed by atoms with Crippen molar-refractivity contribution in [1.29, 1.82) is 0 Å². The molecule has 2 aromatic carbocycles. The maximum atomic E-state index is 5.78. The van der Waals surface area contributed by atoms with Gasteiger partial charge in [0, 0.05) is 11.0 Å². The van der Waals surface area contributed by atoms with Crippen LogP contribution in [0.3, 0.4) is 0 Å². The summed E-state index contributed by atoms with van der Waals surface area (Å²) in [4.78, 5) is 0. The van der Waals surface area contributed by atoms with Crippen LogP contribution < -0.4 is 10.1 Å². The third-order valence-electron chi connectivity index (χ3n) is 3.47. The van der Waals surface area contributed by atoms with Crippen LogP contribution in [0, 0.1) is 0 Å². The molecule has 0 saturated carbocycles. The molecule has 1 atom stereocenters. The van der Waals surface area contributed by atoms with E-state index in [1.165, 1.54) is 11.1 Å².